The fourth-order valence-corrected chi connectivity index (χ4v) is 4.67. The van der Waals surface area contributed by atoms with E-state index in [1.807, 2.05) is 0 Å². The van der Waals surface area contributed by atoms with Crippen LogP contribution in [0.5, 0.6) is 5.75 Å². The number of nitriles is 1. The van der Waals surface area contributed by atoms with Gasteiger partial charge in [-0.05, 0) is 44.2 Å². The van der Waals surface area contributed by atoms with Crippen molar-refractivity contribution in [3.8, 4) is 11.8 Å². The van der Waals surface area contributed by atoms with Gasteiger partial charge in [0, 0.05) is 17.1 Å². The Morgan fingerprint density at radius 3 is 2.76 bits per heavy atom. The molecule has 3 N–H and O–H groups in total. The molecule has 4 fully saturated rings. The van der Waals surface area contributed by atoms with E-state index in [9.17, 15) is 14.3 Å². The average Bonchev–Trinajstić information content (AvgIpc) is 2.58. The molecule has 7 nitrogen and oxygen atoms in total. The third-order valence-corrected chi connectivity index (χ3v) is 6.24. The number of nitrogens with one attached hydrogen (secondary N) is 2. The van der Waals surface area contributed by atoms with E-state index >= 15 is 0 Å². The van der Waals surface area contributed by atoms with Gasteiger partial charge in [0.2, 0.25) is 0 Å². The SMILES string of the molecule is N#C[C@H]1C[C@@H](OCC(O)NC23CC(NC(=O)COc4ccc(Cl)c(F)c4)(C2)C3)C1. The zero-order valence-electron chi connectivity index (χ0n) is 15.8. The van der Waals surface area contributed by atoms with Crippen LogP contribution in [-0.2, 0) is 9.53 Å². The molecule has 1 unspecified atom stereocenters. The number of hydrogen-bond acceptors (Lipinski definition) is 6. The van der Waals surface area contributed by atoms with Gasteiger partial charge in [-0.3, -0.25) is 10.1 Å². The Morgan fingerprint density at radius 2 is 2.10 bits per heavy atom. The number of nitrogens with zero attached hydrogens (tertiary/aromatic N) is 1. The summed E-state index contributed by atoms with van der Waals surface area (Å²) < 4.78 is 24.3. The zero-order valence-corrected chi connectivity index (χ0v) is 16.5. The number of ether oxygens (including phenoxy) is 2. The standard InChI is InChI=1S/C20H23ClFN3O4/c21-15-2-1-13(5-16(15)22)28-7-17(26)24-19-9-20(10-19,11-19)25-18(27)8-29-14-3-12(4-14)6-23/h1-2,5,12,14,18,25,27H,3-4,7-11H2,(H,24,26)/t12-,14+,18?,19?,20?. The summed E-state index contributed by atoms with van der Waals surface area (Å²) in [4.78, 5) is 12.1. The lowest BCUT2D eigenvalue weighted by Gasteiger charge is -2.71. The number of aliphatic hydroxyl groups is 1. The predicted molar refractivity (Wildman–Crippen MR) is 102 cm³/mol. The molecule has 0 heterocycles. The largest absolute Gasteiger partial charge is 0.484 e. The van der Waals surface area contributed by atoms with Gasteiger partial charge in [0.15, 0.2) is 6.61 Å². The summed E-state index contributed by atoms with van der Waals surface area (Å²) >= 11 is 5.62. The summed E-state index contributed by atoms with van der Waals surface area (Å²) in [7, 11) is 0. The molecule has 2 bridgehead atoms. The molecule has 1 atom stereocenters. The first-order chi connectivity index (χ1) is 13.8. The maximum absolute atomic E-state index is 13.4. The highest BCUT2D eigenvalue weighted by molar-refractivity contribution is 6.30. The lowest BCUT2D eigenvalue weighted by Crippen LogP contribution is -2.84. The molecule has 0 aromatic heterocycles. The molecule has 4 saturated carbocycles. The number of amides is 1. The smallest absolute Gasteiger partial charge is 0.258 e. The molecule has 5 rings (SSSR count). The highest BCUT2D eigenvalue weighted by Gasteiger charge is 2.68. The third kappa shape index (κ3) is 4.33. The quantitative estimate of drug-likeness (QED) is 0.524. The number of halogens is 2. The molecule has 0 saturated heterocycles. The Balaban J connectivity index is 1.13. The molecule has 29 heavy (non-hydrogen) atoms. The molecule has 0 aliphatic heterocycles. The Hall–Kier alpha value is -1.92. The van der Waals surface area contributed by atoms with Crippen molar-refractivity contribution in [1.82, 2.24) is 10.6 Å². The first-order valence-electron chi connectivity index (χ1n) is 9.66. The lowest BCUT2D eigenvalue weighted by atomic mass is 9.44. The average molecular weight is 424 g/mol. The fourth-order valence-electron chi connectivity index (χ4n) is 4.55. The summed E-state index contributed by atoms with van der Waals surface area (Å²) in [5.41, 5.74) is -0.418. The second kappa shape index (κ2) is 7.73. The predicted octanol–water partition coefficient (Wildman–Crippen LogP) is 1.88. The topological polar surface area (TPSA) is 104 Å². The fraction of sp³-hybridized carbons (Fsp3) is 0.600. The van der Waals surface area contributed by atoms with Gasteiger partial charge in [0.05, 0.1) is 29.7 Å². The summed E-state index contributed by atoms with van der Waals surface area (Å²) in [6.45, 7) is -0.0137. The molecule has 4 aliphatic carbocycles. The van der Waals surface area contributed by atoms with Gasteiger partial charge in [-0.1, -0.05) is 11.6 Å². The van der Waals surface area contributed by atoms with E-state index < -0.39 is 12.0 Å². The van der Waals surface area contributed by atoms with Crippen LogP contribution < -0.4 is 15.4 Å². The summed E-state index contributed by atoms with van der Waals surface area (Å²) in [6, 6.07) is 6.23. The number of carbonyl (C=O) groups is 1. The molecular formula is C20H23ClFN3O4. The van der Waals surface area contributed by atoms with Crippen LogP contribution in [0.4, 0.5) is 4.39 Å². The number of rotatable bonds is 9. The van der Waals surface area contributed by atoms with Crippen LogP contribution in [-0.4, -0.2) is 47.6 Å². The van der Waals surface area contributed by atoms with Gasteiger partial charge in [0.1, 0.15) is 17.8 Å². The van der Waals surface area contributed by atoms with Crippen LogP contribution >= 0.6 is 11.6 Å². The number of aliphatic hydroxyl groups excluding tert-OH is 1. The van der Waals surface area contributed by atoms with Gasteiger partial charge in [0.25, 0.3) is 5.91 Å². The van der Waals surface area contributed by atoms with Crippen LogP contribution in [0.2, 0.25) is 5.02 Å². The molecule has 156 valence electrons. The van der Waals surface area contributed by atoms with E-state index in [2.05, 4.69) is 16.7 Å². The Labute approximate surface area is 173 Å². The van der Waals surface area contributed by atoms with Crippen LogP contribution in [0.3, 0.4) is 0 Å². The molecule has 9 heteroatoms. The minimum absolute atomic E-state index is 0.0000954. The van der Waals surface area contributed by atoms with Gasteiger partial charge in [-0.25, -0.2) is 4.39 Å². The molecule has 1 amide bonds. The minimum atomic E-state index is -0.770. The molecular weight excluding hydrogens is 401 g/mol. The van der Waals surface area contributed by atoms with Gasteiger partial charge in [-0.15, -0.1) is 0 Å². The van der Waals surface area contributed by atoms with Crippen molar-refractivity contribution in [2.45, 2.75) is 55.5 Å². The van der Waals surface area contributed by atoms with Crippen molar-refractivity contribution < 1.29 is 23.8 Å². The van der Waals surface area contributed by atoms with E-state index in [0.29, 0.717) is 0 Å². The van der Waals surface area contributed by atoms with E-state index in [4.69, 9.17) is 26.3 Å². The van der Waals surface area contributed by atoms with E-state index in [0.717, 1.165) is 38.2 Å². The van der Waals surface area contributed by atoms with Gasteiger partial charge < -0.3 is 19.9 Å². The van der Waals surface area contributed by atoms with Crippen LogP contribution in [0.1, 0.15) is 32.1 Å². The second-order valence-corrected chi connectivity index (χ2v) is 8.82. The second-order valence-electron chi connectivity index (χ2n) is 8.42. The number of hydrogen-bond donors (Lipinski definition) is 3. The molecule has 0 radical (unpaired) electrons. The third-order valence-electron chi connectivity index (χ3n) is 5.94. The first-order valence-corrected chi connectivity index (χ1v) is 10.0. The van der Waals surface area contributed by atoms with Crippen molar-refractivity contribution in [1.29, 1.82) is 5.26 Å². The van der Waals surface area contributed by atoms with E-state index in [1.165, 1.54) is 12.1 Å². The summed E-state index contributed by atoms with van der Waals surface area (Å²) in [6.07, 6.45) is 2.95. The van der Waals surface area contributed by atoms with E-state index in [-0.39, 0.29) is 53.0 Å². The maximum Gasteiger partial charge on any atom is 0.258 e. The Kier molecular flexibility index (Phi) is 5.42. The summed E-state index contributed by atoms with van der Waals surface area (Å²) in [5, 5.41) is 25.0. The van der Waals surface area contributed by atoms with Crippen molar-refractivity contribution in [2.75, 3.05) is 13.2 Å². The highest BCUT2D eigenvalue weighted by Crippen LogP contribution is 2.60. The van der Waals surface area contributed by atoms with Crippen molar-refractivity contribution in [3.63, 3.8) is 0 Å². The molecule has 0 spiro atoms. The molecule has 4 aliphatic rings. The number of benzene rings is 1. The first kappa shape index (κ1) is 20.4. The van der Waals surface area contributed by atoms with Crippen molar-refractivity contribution in [2.24, 2.45) is 5.92 Å². The lowest BCUT2D eigenvalue weighted by molar-refractivity contribution is -0.157. The minimum Gasteiger partial charge on any atom is -0.484 e. The molecule has 1 aromatic rings. The van der Waals surface area contributed by atoms with Gasteiger partial charge >= 0.3 is 0 Å². The van der Waals surface area contributed by atoms with Crippen molar-refractivity contribution >= 4 is 17.5 Å². The van der Waals surface area contributed by atoms with Crippen LogP contribution in [0.25, 0.3) is 0 Å². The zero-order chi connectivity index (χ0) is 20.6. The van der Waals surface area contributed by atoms with Crippen molar-refractivity contribution in [3.05, 3.63) is 29.0 Å². The van der Waals surface area contributed by atoms with Crippen LogP contribution in [0.15, 0.2) is 18.2 Å². The normalized spacial score (nSPS) is 32.8. The number of carbonyl (C=O) groups excluding carboxylic acids is 1. The van der Waals surface area contributed by atoms with Gasteiger partial charge in [-0.2, -0.15) is 5.26 Å². The monoisotopic (exact) mass is 423 g/mol. The van der Waals surface area contributed by atoms with Crippen LogP contribution in [0, 0.1) is 23.1 Å². The Bertz CT molecular complexity index is 820. The van der Waals surface area contributed by atoms with E-state index in [1.54, 1.807) is 0 Å². The summed E-state index contributed by atoms with van der Waals surface area (Å²) in [5.74, 6) is -0.543. The maximum atomic E-state index is 13.4. The Morgan fingerprint density at radius 1 is 1.38 bits per heavy atom. The molecule has 1 aromatic carbocycles. The highest BCUT2D eigenvalue weighted by atomic mass is 35.5.